The van der Waals surface area contributed by atoms with E-state index in [1.807, 2.05) is 29.3 Å². The van der Waals surface area contributed by atoms with E-state index in [2.05, 4.69) is 14.8 Å². The smallest absolute Gasteiger partial charge is 0.223 e. The highest BCUT2D eigenvalue weighted by atomic mass is 16.2. The Morgan fingerprint density at radius 1 is 0.960 bits per heavy atom. The predicted molar refractivity (Wildman–Crippen MR) is 96.3 cm³/mol. The van der Waals surface area contributed by atoms with Crippen LogP contribution in [0.25, 0.3) is 0 Å². The molecule has 7 nitrogen and oxygen atoms in total. The Morgan fingerprint density at radius 3 is 2.24 bits per heavy atom. The molecule has 0 saturated carbocycles. The minimum Gasteiger partial charge on any atom is -0.354 e. The van der Waals surface area contributed by atoms with E-state index >= 15 is 0 Å². The van der Waals surface area contributed by atoms with Crippen molar-refractivity contribution < 1.29 is 9.59 Å². The molecule has 0 radical (unpaired) electrons. The van der Waals surface area contributed by atoms with Crippen molar-refractivity contribution in [2.45, 2.75) is 13.3 Å². The molecule has 0 bridgehead atoms. The lowest BCUT2D eigenvalue weighted by Crippen LogP contribution is -2.51. The quantitative estimate of drug-likeness (QED) is 0.785. The molecule has 3 heterocycles. The molecular weight excluding hydrogens is 318 g/mol. The van der Waals surface area contributed by atoms with Crippen LogP contribution in [0.5, 0.6) is 0 Å². The topological polar surface area (TPSA) is 60.0 Å². The van der Waals surface area contributed by atoms with Crippen LogP contribution in [0.15, 0.2) is 24.4 Å². The summed E-state index contributed by atoms with van der Waals surface area (Å²) in [5.41, 5.74) is 0. The van der Waals surface area contributed by atoms with Gasteiger partial charge in [-0.15, -0.1) is 0 Å². The second-order valence-electron chi connectivity index (χ2n) is 6.65. The molecule has 2 aliphatic rings. The van der Waals surface area contributed by atoms with Gasteiger partial charge in [-0.25, -0.2) is 4.98 Å². The average Bonchev–Trinajstić information content (AvgIpc) is 2.67. The van der Waals surface area contributed by atoms with Crippen LogP contribution in [0.3, 0.4) is 0 Å². The van der Waals surface area contributed by atoms with Crippen LogP contribution in [0.2, 0.25) is 0 Å². The number of rotatable bonds is 4. The van der Waals surface area contributed by atoms with Gasteiger partial charge in [-0.2, -0.15) is 0 Å². The SMILES string of the molecule is CC(=O)N1CCN(C(=O)CCN2CCN(c3ccccn3)CC2)CC1. The molecule has 7 heteroatoms. The lowest BCUT2D eigenvalue weighted by atomic mass is 10.2. The highest BCUT2D eigenvalue weighted by Gasteiger charge is 2.23. The van der Waals surface area contributed by atoms with Gasteiger partial charge < -0.3 is 14.7 Å². The van der Waals surface area contributed by atoms with Gasteiger partial charge >= 0.3 is 0 Å². The van der Waals surface area contributed by atoms with Crippen molar-refractivity contribution in [1.29, 1.82) is 0 Å². The summed E-state index contributed by atoms with van der Waals surface area (Å²) >= 11 is 0. The van der Waals surface area contributed by atoms with E-state index in [0.29, 0.717) is 32.6 Å². The molecule has 2 aliphatic heterocycles. The number of amides is 2. The van der Waals surface area contributed by atoms with Gasteiger partial charge in [-0.1, -0.05) is 6.07 Å². The van der Waals surface area contributed by atoms with E-state index in [1.54, 1.807) is 11.8 Å². The molecule has 2 amide bonds. The number of anilines is 1. The second kappa shape index (κ2) is 8.29. The molecular formula is C18H27N5O2. The largest absolute Gasteiger partial charge is 0.354 e. The minimum atomic E-state index is 0.0953. The van der Waals surface area contributed by atoms with Gasteiger partial charge in [0.05, 0.1) is 0 Å². The van der Waals surface area contributed by atoms with Crippen molar-refractivity contribution in [3.8, 4) is 0 Å². The number of nitrogens with zero attached hydrogens (tertiary/aromatic N) is 5. The standard InChI is InChI=1S/C18H27N5O2/c1-16(24)21-12-14-23(15-13-21)18(25)5-7-20-8-10-22(11-9-20)17-4-2-3-6-19-17/h2-4,6H,5,7-15H2,1H3. The molecule has 136 valence electrons. The fraction of sp³-hybridized carbons (Fsp3) is 0.611. The van der Waals surface area contributed by atoms with Gasteiger partial charge in [0.15, 0.2) is 0 Å². The second-order valence-corrected chi connectivity index (χ2v) is 6.65. The number of hydrogen-bond donors (Lipinski definition) is 0. The Kier molecular flexibility index (Phi) is 5.86. The van der Waals surface area contributed by atoms with E-state index in [-0.39, 0.29) is 11.8 Å². The van der Waals surface area contributed by atoms with Crippen molar-refractivity contribution in [2.75, 3.05) is 63.8 Å². The predicted octanol–water partition coefficient (Wildman–Crippen LogP) is 0.284. The summed E-state index contributed by atoms with van der Waals surface area (Å²) < 4.78 is 0. The molecule has 2 saturated heterocycles. The molecule has 1 aromatic heterocycles. The number of pyridine rings is 1. The van der Waals surface area contributed by atoms with E-state index in [4.69, 9.17) is 0 Å². The Bertz CT molecular complexity index is 578. The first-order valence-corrected chi connectivity index (χ1v) is 9.05. The Morgan fingerprint density at radius 2 is 1.64 bits per heavy atom. The number of piperazine rings is 2. The lowest BCUT2D eigenvalue weighted by molar-refractivity contribution is -0.138. The van der Waals surface area contributed by atoms with Gasteiger partial charge in [-0.3, -0.25) is 14.5 Å². The third-order valence-corrected chi connectivity index (χ3v) is 5.07. The molecule has 0 aliphatic carbocycles. The zero-order valence-electron chi connectivity index (χ0n) is 14.9. The summed E-state index contributed by atoms with van der Waals surface area (Å²) in [4.78, 5) is 36.5. The summed E-state index contributed by atoms with van der Waals surface area (Å²) in [6, 6.07) is 5.99. The first kappa shape index (κ1) is 17.7. The summed E-state index contributed by atoms with van der Waals surface area (Å²) in [6.07, 6.45) is 2.38. The monoisotopic (exact) mass is 345 g/mol. The fourth-order valence-corrected chi connectivity index (χ4v) is 3.42. The number of hydrogen-bond acceptors (Lipinski definition) is 5. The summed E-state index contributed by atoms with van der Waals surface area (Å²) in [5.74, 6) is 1.33. The molecule has 0 atom stereocenters. The van der Waals surface area contributed by atoms with Gasteiger partial charge in [0.2, 0.25) is 11.8 Å². The number of aromatic nitrogens is 1. The maximum absolute atomic E-state index is 12.4. The molecule has 0 N–H and O–H groups in total. The van der Waals surface area contributed by atoms with Crippen LogP contribution in [-0.2, 0) is 9.59 Å². The van der Waals surface area contributed by atoms with Crippen molar-refractivity contribution in [2.24, 2.45) is 0 Å². The van der Waals surface area contributed by atoms with Crippen LogP contribution in [-0.4, -0.2) is 90.4 Å². The lowest BCUT2D eigenvalue weighted by Gasteiger charge is -2.36. The normalized spacial score (nSPS) is 19.2. The zero-order chi connectivity index (χ0) is 17.6. The Hall–Kier alpha value is -2.15. The van der Waals surface area contributed by atoms with Gasteiger partial charge in [0, 0.05) is 78.4 Å². The number of carbonyl (C=O) groups is 2. The highest BCUT2D eigenvalue weighted by Crippen LogP contribution is 2.13. The molecule has 1 aromatic rings. The van der Waals surface area contributed by atoms with Crippen molar-refractivity contribution >= 4 is 17.6 Å². The van der Waals surface area contributed by atoms with Gasteiger partial charge in [0.1, 0.15) is 5.82 Å². The minimum absolute atomic E-state index is 0.0953. The van der Waals surface area contributed by atoms with Crippen molar-refractivity contribution in [3.63, 3.8) is 0 Å². The maximum Gasteiger partial charge on any atom is 0.223 e. The van der Waals surface area contributed by atoms with Gasteiger partial charge in [-0.05, 0) is 12.1 Å². The molecule has 3 rings (SSSR count). The molecule has 2 fully saturated rings. The van der Waals surface area contributed by atoms with E-state index in [1.165, 1.54) is 0 Å². The number of carbonyl (C=O) groups excluding carboxylic acids is 2. The third-order valence-electron chi connectivity index (χ3n) is 5.07. The first-order chi connectivity index (χ1) is 12.1. The fourth-order valence-electron chi connectivity index (χ4n) is 3.42. The molecule has 0 spiro atoms. The summed E-state index contributed by atoms with van der Waals surface area (Å²) in [7, 11) is 0. The van der Waals surface area contributed by atoms with Crippen molar-refractivity contribution in [1.82, 2.24) is 19.7 Å². The van der Waals surface area contributed by atoms with Crippen molar-refractivity contribution in [3.05, 3.63) is 24.4 Å². The maximum atomic E-state index is 12.4. The highest BCUT2D eigenvalue weighted by molar-refractivity contribution is 5.77. The molecule has 0 unspecified atom stereocenters. The molecule has 0 aromatic carbocycles. The van der Waals surface area contributed by atoms with Crippen LogP contribution in [0.1, 0.15) is 13.3 Å². The average molecular weight is 345 g/mol. The van der Waals surface area contributed by atoms with Crippen LogP contribution in [0, 0.1) is 0 Å². The summed E-state index contributed by atoms with van der Waals surface area (Å²) in [5, 5.41) is 0. The van der Waals surface area contributed by atoms with E-state index < -0.39 is 0 Å². The summed E-state index contributed by atoms with van der Waals surface area (Å²) in [6.45, 7) is 8.84. The third kappa shape index (κ3) is 4.69. The van der Waals surface area contributed by atoms with E-state index in [9.17, 15) is 9.59 Å². The zero-order valence-corrected chi connectivity index (χ0v) is 14.9. The van der Waals surface area contributed by atoms with Crippen LogP contribution >= 0.6 is 0 Å². The Balaban J connectivity index is 1.37. The Labute approximate surface area is 149 Å². The molecule has 25 heavy (non-hydrogen) atoms. The van der Waals surface area contributed by atoms with E-state index in [0.717, 1.165) is 38.5 Å². The van der Waals surface area contributed by atoms with Crippen LogP contribution < -0.4 is 4.90 Å². The first-order valence-electron chi connectivity index (χ1n) is 9.05. The van der Waals surface area contributed by atoms with Gasteiger partial charge in [0.25, 0.3) is 0 Å². The van der Waals surface area contributed by atoms with Crippen LogP contribution in [0.4, 0.5) is 5.82 Å².